The van der Waals surface area contributed by atoms with E-state index < -0.39 is 5.97 Å². The molecule has 0 bridgehead atoms. The maximum absolute atomic E-state index is 11.7. The lowest BCUT2D eigenvalue weighted by atomic mass is 10.2. The summed E-state index contributed by atoms with van der Waals surface area (Å²) in [4.78, 5) is 25.0. The first-order valence-electron chi connectivity index (χ1n) is 6.46. The van der Waals surface area contributed by atoms with Crippen LogP contribution in [-0.2, 0) is 16.1 Å². The Balaban J connectivity index is 2.09. The van der Waals surface area contributed by atoms with Crippen molar-refractivity contribution in [2.45, 2.75) is 39.3 Å². The van der Waals surface area contributed by atoms with Crippen molar-refractivity contribution in [2.24, 2.45) is 0 Å². The summed E-state index contributed by atoms with van der Waals surface area (Å²) in [5.41, 5.74) is 0.331. The highest BCUT2D eigenvalue weighted by Crippen LogP contribution is 2.19. The second kappa shape index (κ2) is 5.81. The van der Waals surface area contributed by atoms with E-state index >= 15 is 0 Å². The van der Waals surface area contributed by atoms with Gasteiger partial charge < -0.3 is 9.64 Å². The second-order valence-electron chi connectivity index (χ2n) is 4.53. The summed E-state index contributed by atoms with van der Waals surface area (Å²) >= 11 is 0. The van der Waals surface area contributed by atoms with E-state index in [0.717, 1.165) is 19.4 Å². The summed E-state index contributed by atoms with van der Waals surface area (Å²) in [6.45, 7) is 4.87. The monoisotopic (exact) mass is 266 g/mol. The number of amides is 1. The number of likely N-dealkylation sites (tertiary alicyclic amines) is 1. The zero-order chi connectivity index (χ0) is 13.8. The van der Waals surface area contributed by atoms with Crippen LogP contribution in [0.2, 0.25) is 0 Å². The minimum atomic E-state index is -0.431. The number of hydrogen-bond acceptors (Lipinski definition) is 5. The third-order valence-electron chi connectivity index (χ3n) is 3.27. The average molecular weight is 266 g/mol. The summed E-state index contributed by atoms with van der Waals surface area (Å²) < 4.78 is 6.46. The molecule has 2 heterocycles. The molecule has 104 valence electrons. The van der Waals surface area contributed by atoms with Gasteiger partial charge in [0.25, 0.3) is 0 Å². The molecule has 0 aliphatic carbocycles. The summed E-state index contributed by atoms with van der Waals surface area (Å²) in [5.74, 6) is -0.375. The molecule has 1 fully saturated rings. The Kier molecular flexibility index (Phi) is 4.13. The third kappa shape index (κ3) is 2.91. The molecule has 19 heavy (non-hydrogen) atoms. The highest BCUT2D eigenvalue weighted by molar-refractivity contribution is 5.87. The molecule has 0 spiro atoms. The zero-order valence-electron chi connectivity index (χ0n) is 11.2. The molecule has 7 heteroatoms. The van der Waals surface area contributed by atoms with Crippen molar-refractivity contribution in [3.8, 4) is 0 Å². The Morgan fingerprint density at radius 2 is 2.32 bits per heavy atom. The number of aromatic nitrogens is 3. The molecule has 1 amide bonds. The predicted octanol–water partition coefficient (Wildman–Crippen LogP) is 0.466. The van der Waals surface area contributed by atoms with Crippen LogP contribution in [0, 0.1) is 0 Å². The lowest BCUT2D eigenvalue weighted by Gasteiger charge is -2.23. The third-order valence-corrected chi connectivity index (χ3v) is 3.27. The van der Waals surface area contributed by atoms with Crippen LogP contribution >= 0.6 is 0 Å². The van der Waals surface area contributed by atoms with Gasteiger partial charge in [-0.3, -0.25) is 4.79 Å². The minimum absolute atomic E-state index is 0.0558. The van der Waals surface area contributed by atoms with Crippen molar-refractivity contribution in [3.63, 3.8) is 0 Å². The fraction of sp³-hybridized carbons (Fsp3) is 0.667. The van der Waals surface area contributed by atoms with E-state index in [1.807, 2.05) is 4.90 Å². The van der Waals surface area contributed by atoms with Gasteiger partial charge in [0.15, 0.2) is 5.69 Å². The Bertz CT molecular complexity index is 471. The second-order valence-corrected chi connectivity index (χ2v) is 4.53. The smallest absolute Gasteiger partial charge is 0.358 e. The van der Waals surface area contributed by atoms with Crippen LogP contribution in [0.4, 0.5) is 0 Å². The number of esters is 1. The lowest BCUT2D eigenvalue weighted by Crippen LogP contribution is -2.37. The quantitative estimate of drug-likeness (QED) is 0.740. The van der Waals surface area contributed by atoms with Crippen molar-refractivity contribution >= 4 is 11.9 Å². The Morgan fingerprint density at radius 1 is 1.53 bits per heavy atom. The molecule has 0 aromatic carbocycles. The van der Waals surface area contributed by atoms with Gasteiger partial charge in [-0.15, -0.1) is 5.10 Å². The van der Waals surface area contributed by atoms with Crippen molar-refractivity contribution < 1.29 is 14.3 Å². The molecule has 7 nitrogen and oxygen atoms in total. The molecule has 1 aromatic rings. The van der Waals surface area contributed by atoms with Gasteiger partial charge in [0, 0.05) is 13.5 Å². The largest absolute Gasteiger partial charge is 0.461 e. The topological polar surface area (TPSA) is 77.3 Å². The van der Waals surface area contributed by atoms with Crippen molar-refractivity contribution in [2.75, 3.05) is 13.2 Å². The average Bonchev–Trinajstić information content (AvgIpc) is 2.98. The molecule has 1 aliphatic heterocycles. The fourth-order valence-corrected chi connectivity index (χ4v) is 2.40. The standard InChI is InChI=1S/C12H18N4O3/c1-3-19-12(18)11-7-13-14-16(11)8-10-5-4-6-15(10)9(2)17/h7,10H,3-6,8H2,1-2H3/t10-/m0/s1. The Labute approximate surface area is 111 Å². The van der Waals surface area contributed by atoms with Crippen LogP contribution in [0.15, 0.2) is 6.20 Å². The molecule has 1 aromatic heterocycles. The van der Waals surface area contributed by atoms with Gasteiger partial charge in [0.05, 0.1) is 25.4 Å². The molecule has 2 rings (SSSR count). The van der Waals surface area contributed by atoms with Gasteiger partial charge in [0.2, 0.25) is 5.91 Å². The number of carbonyl (C=O) groups excluding carboxylic acids is 2. The number of rotatable bonds is 4. The molecular weight excluding hydrogens is 248 g/mol. The van der Waals surface area contributed by atoms with Gasteiger partial charge in [-0.2, -0.15) is 0 Å². The first-order valence-corrected chi connectivity index (χ1v) is 6.46. The maximum Gasteiger partial charge on any atom is 0.358 e. The lowest BCUT2D eigenvalue weighted by molar-refractivity contribution is -0.129. The fourth-order valence-electron chi connectivity index (χ4n) is 2.40. The van der Waals surface area contributed by atoms with Crippen LogP contribution in [0.1, 0.15) is 37.2 Å². The summed E-state index contributed by atoms with van der Waals surface area (Å²) in [6.07, 6.45) is 3.29. The van der Waals surface area contributed by atoms with E-state index in [2.05, 4.69) is 10.3 Å². The molecule has 1 aliphatic rings. The van der Waals surface area contributed by atoms with Crippen molar-refractivity contribution in [1.29, 1.82) is 0 Å². The number of ether oxygens (including phenoxy) is 1. The van der Waals surface area contributed by atoms with E-state index in [4.69, 9.17) is 4.74 Å². The molecule has 1 atom stereocenters. The highest BCUT2D eigenvalue weighted by Gasteiger charge is 2.28. The van der Waals surface area contributed by atoms with Gasteiger partial charge in [-0.1, -0.05) is 5.21 Å². The molecule has 0 saturated carbocycles. The maximum atomic E-state index is 11.7. The molecule has 0 N–H and O–H groups in total. The number of nitrogens with zero attached hydrogens (tertiary/aromatic N) is 4. The van der Waals surface area contributed by atoms with Crippen LogP contribution < -0.4 is 0 Å². The predicted molar refractivity (Wildman–Crippen MR) is 66.4 cm³/mol. The number of hydrogen-bond donors (Lipinski definition) is 0. The van der Waals surface area contributed by atoms with Crippen molar-refractivity contribution in [1.82, 2.24) is 19.9 Å². The summed E-state index contributed by atoms with van der Waals surface area (Å²) in [7, 11) is 0. The molecular formula is C12H18N4O3. The zero-order valence-corrected chi connectivity index (χ0v) is 11.2. The van der Waals surface area contributed by atoms with Crippen LogP contribution in [0.3, 0.4) is 0 Å². The summed E-state index contributed by atoms with van der Waals surface area (Å²) in [6, 6.07) is 0.0763. The van der Waals surface area contributed by atoms with E-state index in [0.29, 0.717) is 18.8 Å². The molecule has 0 radical (unpaired) electrons. The van der Waals surface area contributed by atoms with E-state index in [9.17, 15) is 9.59 Å². The van der Waals surface area contributed by atoms with Gasteiger partial charge >= 0.3 is 5.97 Å². The van der Waals surface area contributed by atoms with Crippen molar-refractivity contribution in [3.05, 3.63) is 11.9 Å². The Hall–Kier alpha value is -1.92. The van der Waals surface area contributed by atoms with E-state index in [1.54, 1.807) is 13.8 Å². The molecule has 0 unspecified atom stereocenters. The van der Waals surface area contributed by atoms with E-state index in [-0.39, 0.29) is 11.9 Å². The highest BCUT2D eigenvalue weighted by atomic mass is 16.5. The molecule has 1 saturated heterocycles. The van der Waals surface area contributed by atoms with Gasteiger partial charge in [0.1, 0.15) is 0 Å². The SMILES string of the molecule is CCOC(=O)c1cnnn1C[C@@H]1CCCN1C(C)=O. The first kappa shape index (κ1) is 13.5. The Morgan fingerprint density at radius 3 is 3.00 bits per heavy atom. The van der Waals surface area contributed by atoms with Gasteiger partial charge in [-0.25, -0.2) is 9.48 Å². The summed E-state index contributed by atoms with van der Waals surface area (Å²) in [5, 5.41) is 7.65. The number of carbonyl (C=O) groups is 2. The minimum Gasteiger partial charge on any atom is -0.461 e. The first-order chi connectivity index (χ1) is 9.13. The van der Waals surface area contributed by atoms with Gasteiger partial charge in [-0.05, 0) is 19.8 Å². The van der Waals surface area contributed by atoms with E-state index in [1.165, 1.54) is 10.9 Å². The normalized spacial score (nSPS) is 18.6. The van der Waals surface area contributed by atoms with Crippen LogP contribution in [0.25, 0.3) is 0 Å². The van der Waals surface area contributed by atoms with Crippen LogP contribution in [0.5, 0.6) is 0 Å². The van der Waals surface area contributed by atoms with Crippen LogP contribution in [-0.4, -0.2) is 51.0 Å².